The van der Waals surface area contributed by atoms with E-state index >= 15 is 0 Å². The first-order valence-electron chi connectivity index (χ1n) is 2.32. The van der Waals surface area contributed by atoms with Crippen LogP contribution in [-0.2, 0) is 3.02 Å². The zero-order chi connectivity index (χ0) is 5.82. The molecule has 0 radical (unpaired) electrons. The van der Waals surface area contributed by atoms with Gasteiger partial charge in [-0.25, -0.2) is 0 Å². The van der Waals surface area contributed by atoms with Gasteiger partial charge in [0.2, 0.25) is 0 Å². The summed E-state index contributed by atoms with van der Waals surface area (Å²) < 4.78 is 11.3. The van der Waals surface area contributed by atoms with E-state index in [1.54, 1.807) is 0 Å². The summed E-state index contributed by atoms with van der Waals surface area (Å²) in [7, 11) is 0. The number of benzene rings is 1. The molecule has 0 aromatic heterocycles. The van der Waals surface area contributed by atoms with Crippen LogP contribution in [0.25, 0.3) is 0 Å². The molecule has 1 aromatic carbocycles. The molecule has 0 aliphatic heterocycles. The van der Waals surface area contributed by atoms with E-state index < -0.39 is 21.6 Å². The summed E-state index contributed by atoms with van der Waals surface area (Å²) in [5, 5.41) is 0. The maximum atomic E-state index is 10.3. The van der Waals surface area contributed by atoms with E-state index in [9.17, 15) is 3.02 Å². The van der Waals surface area contributed by atoms with Gasteiger partial charge in [0.25, 0.3) is 0 Å². The van der Waals surface area contributed by atoms with Crippen LogP contribution in [0.2, 0.25) is 0 Å². The van der Waals surface area contributed by atoms with Crippen molar-refractivity contribution in [3.05, 3.63) is 30.3 Å². The standard InChI is InChI=1S/C6H5.2ClH.O.Sb/c1-2-4-6-5-3-1;;;;/h1-5H;2*1H;;. The number of hydrogen-bond donors (Lipinski definition) is 0. The van der Waals surface area contributed by atoms with Crippen molar-refractivity contribution in [3.8, 4) is 0 Å². The molecule has 4 heteroatoms. The van der Waals surface area contributed by atoms with E-state index in [-0.39, 0.29) is 24.8 Å². The van der Waals surface area contributed by atoms with Crippen LogP contribution in [0.3, 0.4) is 0 Å². The Morgan fingerprint density at radius 3 is 1.80 bits per heavy atom. The molecule has 0 aliphatic rings. The second-order valence-electron chi connectivity index (χ2n) is 1.43. The molecule has 1 aromatic rings. The predicted molar refractivity (Wildman–Crippen MR) is 47.0 cm³/mol. The minimum absolute atomic E-state index is 0. The Kier molecular flexibility index (Phi) is 9.81. The van der Waals surface area contributed by atoms with E-state index in [2.05, 4.69) is 0 Å². The average Bonchev–Trinajstić information content (AvgIpc) is 1.90. The zero-order valence-corrected chi connectivity index (χ0v) is 9.24. The third-order valence-corrected chi connectivity index (χ3v) is 2.31. The number of rotatable bonds is 1. The molecule has 1 nitrogen and oxygen atoms in total. The Hall–Kier alpha value is 0.418. The van der Waals surface area contributed by atoms with Gasteiger partial charge in [-0.1, -0.05) is 0 Å². The SMILES string of the molecule is Cl.Cl.[O]=[Sb][c]1ccccc1. The van der Waals surface area contributed by atoms with Crippen molar-refractivity contribution in [2.45, 2.75) is 0 Å². The molecule has 0 saturated heterocycles. The fourth-order valence-electron chi connectivity index (χ4n) is 0.489. The molecule has 10 heavy (non-hydrogen) atoms. The normalized spacial score (nSPS) is 6.80. The Balaban J connectivity index is 0. The van der Waals surface area contributed by atoms with Crippen molar-refractivity contribution in [1.82, 2.24) is 0 Å². The maximum absolute atomic E-state index is 10.3. The third kappa shape index (κ3) is 4.27. The van der Waals surface area contributed by atoms with Gasteiger partial charge in [-0.2, -0.15) is 0 Å². The van der Waals surface area contributed by atoms with Crippen LogP contribution >= 0.6 is 24.8 Å². The molecular weight excluding hydrogens is 281 g/mol. The molecular formula is C6H7Cl2OSb. The van der Waals surface area contributed by atoms with Crippen LogP contribution in [0, 0.1) is 0 Å². The summed E-state index contributed by atoms with van der Waals surface area (Å²) in [5.74, 6) is 0. The molecule has 0 unspecified atom stereocenters. The van der Waals surface area contributed by atoms with Crippen LogP contribution in [0.5, 0.6) is 0 Å². The van der Waals surface area contributed by atoms with Crippen molar-refractivity contribution in [2.75, 3.05) is 0 Å². The fraction of sp³-hybridized carbons (Fsp3) is 0. The minimum atomic E-state index is -1.24. The molecule has 0 atom stereocenters. The summed E-state index contributed by atoms with van der Waals surface area (Å²) in [6.07, 6.45) is 0. The van der Waals surface area contributed by atoms with Gasteiger partial charge in [-0.3, -0.25) is 0 Å². The van der Waals surface area contributed by atoms with E-state index in [4.69, 9.17) is 0 Å². The first-order valence-corrected chi connectivity index (χ1v) is 4.64. The first kappa shape index (κ1) is 13.0. The first-order chi connectivity index (χ1) is 3.93. The Morgan fingerprint density at radius 1 is 1.00 bits per heavy atom. The fourth-order valence-corrected chi connectivity index (χ4v) is 1.33. The molecule has 56 valence electrons. The molecule has 0 heterocycles. The van der Waals surface area contributed by atoms with E-state index in [0.717, 1.165) is 3.51 Å². The van der Waals surface area contributed by atoms with Crippen molar-refractivity contribution in [3.63, 3.8) is 0 Å². The molecule has 1 rings (SSSR count). The monoisotopic (exact) mass is 286 g/mol. The van der Waals surface area contributed by atoms with Gasteiger partial charge in [0.15, 0.2) is 0 Å². The number of halogens is 2. The molecule has 0 spiro atoms. The van der Waals surface area contributed by atoms with Crippen molar-refractivity contribution < 1.29 is 3.02 Å². The molecule has 0 bridgehead atoms. The van der Waals surface area contributed by atoms with Crippen LogP contribution < -0.4 is 3.51 Å². The van der Waals surface area contributed by atoms with Gasteiger partial charge in [-0.15, -0.1) is 24.8 Å². The molecule has 0 N–H and O–H groups in total. The van der Waals surface area contributed by atoms with Gasteiger partial charge >= 0.3 is 58.5 Å². The third-order valence-electron chi connectivity index (χ3n) is 0.862. The Bertz CT molecular complexity index is 178. The summed E-state index contributed by atoms with van der Waals surface area (Å²) in [6.45, 7) is 0. The summed E-state index contributed by atoms with van der Waals surface area (Å²) >= 11 is -1.24. The van der Waals surface area contributed by atoms with Crippen LogP contribution in [0.4, 0.5) is 0 Å². The van der Waals surface area contributed by atoms with Gasteiger partial charge < -0.3 is 0 Å². The van der Waals surface area contributed by atoms with Gasteiger partial charge in [-0.05, 0) is 0 Å². The summed E-state index contributed by atoms with van der Waals surface area (Å²) in [4.78, 5) is 0. The second kappa shape index (κ2) is 7.52. The second-order valence-corrected chi connectivity index (χ2v) is 3.42. The molecule has 0 saturated carbocycles. The quantitative estimate of drug-likeness (QED) is 0.710. The average molecular weight is 288 g/mol. The molecule has 0 amide bonds. The number of hydrogen-bond acceptors (Lipinski definition) is 1. The van der Waals surface area contributed by atoms with E-state index in [0.29, 0.717) is 0 Å². The van der Waals surface area contributed by atoms with Gasteiger partial charge in [0.1, 0.15) is 0 Å². The summed E-state index contributed by atoms with van der Waals surface area (Å²) in [6, 6.07) is 9.52. The topological polar surface area (TPSA) is 17.1 Å². The van der Waals surface area contributed by atoms with E-state index in [1.165, 1.54) is 0 Å². The Morgan fingerprint density at radius 2 is 1.50 bits per heavy atom. The van der Waals surface area contributed by atoms with Gasteiger partial charge in [0, 0.05) is 0 Å². The van der Waals surface area contributed by atoms with E-state index in [1.807, 2.05) is 30.3 Å². The molecule has 0 aliphatic carbocycles. The van der Waals surface area contributed by atoms with Crippen molar-refractivity contribution in [1.29, 1.82) is 0 Å². The van der Waals surface area contributed by atoms with Crippen LogP contribution in [0.1, 0.15) is 0 Å². The van der Waals surface area contributed by atoms with Crippen LogP contribution in [0.15, 0.2) is 30.3 Å². The summed E-state index contributed by atoms with van der Waals surface area (Å²) in [5.41, 5.74) is 0. The van der Waals surface area contributed by atoms with Crippen molar-refractivity contribution in [2.24, 2.45) is 0 Å². The molecule has 0 fully saturated rings. The Labute approximate surface area is 83.0 Å². The van der Waals surface area contributed by atoms with Crippen LogP contribution in [-0.4, -0.2) is 21.6 Å². The van der Waals surface area contributed by atoms with Crippen molar-refractivity contribution >= 4 is 49.9 Å². The predicted octanol–water partition coefficient (Wildman–Crippen LogP) is 1.21. The zero-order valence-electron chi connectivity index (χ0n) is 5.06. The van der Waals surface area contributed by atoms with Gasteiger partial charge in [0.05, 0.1) is 0 Å².